The van der Waals surface area contributed by atoms with Gasteiger partial charge in [-0.15, -0.1) is 0 Å². The predicted molar refractivity (Wildman–Crippen MR) is 74.5 cm³/mol. The highest BCUT2D eigenvalue weighted by Crippen LogP contribution is 2.31. The Bertz CT molecular complexity index is 497. The van der Waals surface area contributed by atoms with E-state index in [0.717, 1.165) is 22.6 Å². The molecule has 0 aliphatic heterocycles. The normalized spacial score (nSPS) is 12.2. The van der Waals surface area contributed by atoms with Crippen LogP contribution < -0.4 is 15.2 Å². The van der Waals surface area contributed by atoms with Crippen molar-refractivity contribution in [1.82, 2.24) is 0 Å². The Kier molecular flexibility index (Phi) is 4.23. The van der Waals surface area contributed by atoms with Gasteiger partial charge in [-0.3, -0.25) is 0 Å². The van der Waals surface area contributed by atoms with Crippen LogP contribution >= 0.6 is 11.3 Å². The molecule has 0 radical (unpaired) electrons. The van der Waals surface area contributed by atoms with Gasteiger partial charge in [0.1, 0.15) is 0 Å². The number of ether oxygens (including phenoxy) is 2. The minimum atomic E-state index is -0.124. The van der Waals surface area contributed by atoms with E-state index in [0.29, 0.717) is 6.61 Å². The highest BCUT2D eigenvalue weighted by Gasteiger charge is 2.12. The van der Waals surface area contributed by atoms with Crippen LogP contribution in [0.15, 0.2) is 35.0 Å². The zero-order chi connectivity index (χ0) is 13.0. The maximum absolute atomic E-state index is 6.22. The van der Waals surface area contributed by atoms with Crippen LogP contribution in [0.25, 0.3) is 0 Å². The Hall–Kier alpha value is -1.52. The van der Waals surface area contributed by atoms with Crippen molar-refractivity contribution < 1.29 is 9.47 Å². The lowest BCUT2D eigenvalue weighted by molar-refractivity contribution is 0.310. The first-order chi connectivity index (χ1) is 8.76. The molecule has 96 valence electrons. The molecule has 18 heavy (non-hydrogen) atoms. The number of hydrogen-bond acceptors (Lipinski definition) is 4. The summed E-state index contributed by atoms with van der Waals surface area (Å²) in [6.07, 6.45) is 0. The Labute approximate surface area is 111 Å². The molecule has 4 heteroatoms. The smallest absolute Gasteiger partial charge is 0.161 e. The zero-order valence-electron chi connectivity index (χ0n) is 10.6. The van der Waals surface area contributed by atoms with Crippen LogP contribution in [0.1, 0.15) is 24.1 Å². The summed E-state index contributed by atoms with van der Waals surface area (Å²) in [6.45, 7) is 2.57. The largest absolute Gasteiger partial charge is 0.493 e. The molecule has 2 rings (SSSR count). The second kappa shape index (κ2) is 5.89. The van der Waals surface area contributed by atoms with Gasteiger partial charge in [0.25, 0.3) is 0 Å². The van der Waals surface area contributed by atoms with E-state index in [-0.39, 0.29) is 6.04 Å². The average Bonchev–Trinajstić information content (AvgIpc) is 2.92. The SMILES string of the molecule is CCOc1ccc([C@H](N)c2ccsc2)cc1OC. The molecule has 0 saturated carbocycles. The molecule has 1 heterocycles. The zero-order valence-corrected chi connectivity index (χ0v) is 11.4. The van der Waals surface area contributed by atoms with E-state index in [9.17, 15) is 0 Å². The molecule has 1 aromatic heterocycles. The fourth-order valence-corrected chi connectivity index (χ4v) is 2.49. The van der Waals surface area contributed by atoms with Gasteiger partial charge in [0.15, 0.2) is 11.5 Å². The van der Waals surface area contributed by atoms with Crippen LogP contribution in [-0.2, 0) is 0 Å². The summed E-state index contributed by atoms with van der Waals surface area (Å²) < 4.78 is 10.8. The molecule has 0 saturated heterocycles. The van der Waals surface area contributed by atoms with Crippen molar-refractivity contribution in [2.24, 2.45) is 5.73 Å². The molecule has 0 unspecified atom stereocenters. The van der Waals surface area contributed by atoms with Gasteiger partial charge in [-0.2, -0.15) is 11.3 Å². The molecular weight excluding hydrogens is 246 g/mol. The lowest BCUT2D eigenvalue weighted by atomic mass is 10.0. The molecule has 1 atom stereocenters. The lowest BCUT2D eigenvalue weighted by Crippen LogP contribution is -2.11. The summed E-state index contributed by atoms with van der Waals surface area (Å²) in [5.74, 6) is 1.47. The summed E-state index contributed by atoms with van der Waals surface area (Å²) in [4.78, 5) is 0. The minimum Gasteiger partial charge on any atom is -0.493 e. The quantitative estimate of drug-likeness (QED) is 0.901. The van der Waals surface area contributed by atoms with Gasteiger partial charge in [0.05, 0.1) is 19.8 Å². The Morgan fingerprint density at radius 2 is 2.06 bits per heavy atom. The maximum atomic E-state index is 6.22. The third-order valence-electron chi connectivity index (χ3n) is 2.75. The van der Waals surface area contributed by atoms with E-state index in [1.807, 2.05) is 36.6 Å². The molecule has 0 amide bonds. The van der Waals surface area contributed by atoms with Crippen molar-refractivity contribution in [3.05, 3.63) is 46.2 Å². The Balaban J connectivity index is 2.29. The molecule has 0 bridgehead atoms. The fourth-order valence-electron chi connectivity index (χ4n) is 1.80. The van der Waals surface area contributed by atoms with Gasteiger partial charge >= 0.3 is 0 Å². The van der Waals surface area contributed by atoms with Crippen LogP contribution in [0.3, 0.4) is 0 Å². The maximum Gasteiger partial charge on any atom is 0.161 e. The number of rotatable bonds is 5. The van der Waals surface area contributed by atoms with Crippen molar-refractivity contribution in [3.8, 4) is 11.5 Å². The molecule has 0 fully saturated rings. The van der Waals surface area contributed by atoms with E-state index in [4.69, 9.17) is 15.2 Å². The van der Waals surface area contributed by atoms with Crippen molar-refractivity contribution in [3.63, 3.8) is 0 Å². The molecule has 3 nitrogen and oxygen atoms in total. The van der Waals surface area contributed by atoms with Crippen LogP contribution in [0.2, 0.25) is 0 Å². The van der Waals surface area contributed by atoms with Crippen molar-refractivity contribution in [2.75, 3.05) is 13.7 Å². The first-order valence-electron chi connectivity index (χ1n) is 5.84. The van der Waals surface area contributed by atoms with Gasteiger partial charge in [0.2, 0.25) is 0 Å². The monoisotopic (exact) mass is 263 g/mol. The lowest BCUT2D eigenvalue weighted by Gasteiger charge is -2.14. The summed E-state index contributed by atoms with van der Waals surface area (Å²) in [7, 11) is 1.64. The molecule has 0 aliphatic carbocycles. The van der Waals surface area contributed by atoms with E-state index >= 15 is 0 Å². The second-order valence-corrected chi connectivity index (χ2v) is 4.66. The van der Waals surface area contributed by atoms with E-state index in [1.54, 1.807) is 18.4 Å². The van der Waals surface area contributed by atoms with E-state index in [1.165, 1.54) is 0 Å². The summed E-state index contributed by atoms with van der Waals surface area (Å²) >= 11 is 1.65. The van der Waals surface area contributed by atoms with Gasteiger partial charge in [-0.25, -0.2) is 0 Å². The minimum absolute atomic E-state index is 0.124. The van der Waals surface area contributed by atoms with Gasteiger partial charge in [-0.1, -0.05) is 6.07 Å². The number of nitrogens with two attached hydrogens (primary N) is 1. The number of benzene rings is 1. The predicted octanol–water partition coefficient (Wildman–Crippen LogP) is 3.20. The first kappa shape index (κ1) is 12.9. The molecule has 0 aliphatic rings. The Morgan fingerprint density at radius 3 is 2.67 bits per heavy atom. The van der Waals surface area contributed by atoms with E-state index in [2.05, 4.69) is 5.38 Å². The highest BCUT2D eigenvalue weighted by molar-refractivity contribution is 7.08. The Morgan fingerprint density at radius 1 is 1.22 bits per heavy atom. The fraction of sp³-hybridized carbons (Fsp3) is 0.286. The van der Waals surface area contributed by atoms with Gasteiger partial charge in [0, 0.05) is 0 Å². The standard InChI is InChI=1S/C14H17NO2S/c1-3-17-12-5-4-10(8-13(12)16-2)14(15)11-6-7-18-9-11/h4-9,14H,3,15H2,1-2H3/t14-/m0/s1. The topological polar surface area (TPSA) is 44.5 Å². The molecule has 1 aromatic carbocycles. The third kappa shape index (κ3) is 2.66. The summed E-state index contributed by atoms with van der Waals surface area (Å²) in [6, 6.07) is 7.74. The second-order valence-electron chi connectivity index (χ2n) is 3.88. The van der Waals surface area contributed by atoms with Gasteiger partial charge < -0.3 is 15.2 Å². The molecule has 2 N–H and O–H groups in total. The van der Waals surface area contributed by atoms with Crippen molar-refractivity contribution in [2.45, 2.75) is 13.0 Å². The number of hydrogen-bond donors (Lipinski definition) is 1. The van der Waals surface area contributed by atoms with Crippen LogP contribution in [-0.4, -0.2) is 13.7 Å². The molecule has 2 aromatic rings. The highest BCUT2D eigenvalue weighted by atomic mass is 32.1. The van der Waals surface area contributed by atoms with Gasteiger partial charge in [-0.05, 0) is 47.0 Å². The summed E-state index contributed by atoms with van der Waals surface area (Å²) in [5, 5.41) is 4.09. The van der Waals surface area contributed by atoms with Crippen LogP contribution in [0.4, 0.5) is 0 Å². The molecule has 0 spiro atoms. The number of methoxy groups -OCH3 is 1. The molecular formula is C14H17NO2S. The van der Waals surface area contributed by atoms with Crippen LogP contribution in [0.5, 0.6) is 11.5 Å². The van der Waals surface area contributed by atoms with Crippen LogP contribution in [0, 0.1) is 0 Å². The van der Waals surface area contributed by atoms with Crippen molar-refractivity contribution in [1.29, 1.82) is 0 Å². The third-order valence-corrected chi connectivity index (χ3v) is 3.45. The van der Waals surface area contributed by atoms with E-state index < -0.39 is 0 Å². The average molecular weight is 263 g/mol. The summed E-state index contributed by atoms with van der Waals surface area (Å²) in [5.41, 5.74) is 8.36. The number of thiophene rings is 1. The van der Waals surface area contributed by atoms with Crippen molar-refractivity contribution >= 4 is 11.3 Å². The first-order valence-corrected chi connectivity index (χ1v) is 6.79.